The number of piperazine rings is 1. The molecule has 1 aromatic heterocycles. The maximum absolute atomic E-state index is 4.43. The quantitative estimate of drug-likeness (QED) is 0.838. The summed E-state index contributed by atoms with van der Waals surface area (Å²) in [6, 6.07) is 0.641. The van der Waals surface area contributed by atoms with E-state index in [0.717, 1.165) is 26.2 Å². The van der Waals surface area contributed by atoms with Gasteiger partial charge in [0.25, 0.3) is 0 Å². The van der Waals surface area contributed by atoms with Crippen molar-refractivity contribution in [1.29, 1.82) is 0 Å². The maximum Gasteiger partial charge on any atom is 0.0534 e. The van der Waals surface area contributed by atoms with Crippen molar-refractivity contribution in [3.05, 3.63) is 18.0 Å². The molecule has 0 amide bonds. The summed E-state index contributed by atoms with van der Waals surface area (Å²) in [7, 11) is 0. The van der Waals surface area contributed by atoms with E-state index in [2.05, 4.69) is 49.2 Å². The highest BCUT2D eigenvalue weighted by Crippen LogP contribution is 2.29. The first-order valence-electron chi connectivity index (χ1n) is 8.67. The van der Waals surface area contributed by atoms with E-state index in [1.165, 1.54) is 31.2 Å². The molecule has 0 saturated carbocycles. The Kier molecular flexibility index (Phi) is 5.82. The number of aryl methyl sites for hydroxylation is 1. The number of rotatable bonds is 7. The predicted octanol–water partition coefficient (Wildman–Crippen LogP) is 3.04. The van der Waals surface area contributed by atoms with Gasteiger partial charge in [0.15, 0.2) is 0 Å². The van der Waals surface area contributed by atoms with E-state index in [1.807, 2.05) is 10.9 Å². The van der Waals surface area contributed by atoms with Crippen molar-refractivity contribution >= 4 is 0 Å². The van der Waals surface area contributed by atoms with Crippen molar-refractivity contribution in [2.45, 2.75) is 78.0 Å². The minimum Gasteiger partial charge on any atom is -0.311 e. The van der Waals surface area contributed by atoms with Crippen LogP contribution in [0.1, 0.15) is 58.9 Å². The highest BCUT2D eigenvalue weighted by atomic mass is 15.3. The van der Waals surface area contributed by atoms with E-state index >= 15 is 0 Å². The predicted molar refractivity (Wildman–Crippen MR) is 88.3 cm³/mol. The molecule has 1 unspecified atom stereocenters. The molecule has 2 rings (SSSR count). The third-order valence-electron chi connectivity index (χ3n) is 5.17. The lowest BCUT2D eigenvalue weighted by atomic mass is 9.86. The van der Waals surface area contributed by atoms with Crippen LogP contribution >= 0.6 is 0 Å². The second-order valence-corrected chi connectivity index (χ2v) is 6.38. The zero-order valence-electron chi connectivity index (χ0n) is 14.2. The third-order valence-corrected chi connectivity index (χ3v) is 5.17. The fourth-order valence-corrected chi connectivity index (χ4v) is 3.57. The Morgan fingerprint density at radius 1 is 1.29 bits per heavy atom. The number of aromatic nitrogens is 2. The van der Waals surface area contributed by atoms with Gasteiger partial charge < -0.3 is 5.32 Å². The van der Waals surface area contributed by atoms with E-state index in [1.54, 1.807) is 0 Å². The SMILES string of the molecule is CCCC1CN(Cc2cnn(CC)c2)C(CC)(CC)CN1. The van der Waals surface area contributed by atoms with Crippen molar-refractivity contribution < 1.29 is 0 Å². The molecule has 2 heterocycles. The molecule has 0 radical (unpaired) electrons. The van der Waals surface area contributed by atoms with Gasteiger partial charge in [-0.15, -0.1) is 0 Å². The highest BCUT2D eigenvalue weighted by molar-refractivity contribution is 5.07. The Bertz CT molecular complexity index is 422. The molecule has 1 N–H and O–H groups in total. The third kappa shape index (κ3) is 3.67. The van der Waals surface area contributed by atoms with Crippen LogP contribution in [0.3, 0.4) is 0 Å². The minimum absolute atomic E-state index is 0.304. The maximum atomic E-state index is 4.43. The average Bonchev–Trinajstić information content (AvgIpc) is 2.96. The van der Waals surface area contributed by atoms with Gasteiger partial charge in [-0.1, -0.05) is 27.2 Å². The summed E-state index contributed by atoms with van der Waals surface area (Å²) in [5, 5.41) is 8.21. The lowest BCUT2D eigenvalue weighted by Crippen LogP contribution is -2.63. The molecule has 120 valence electrons. The first-order chi connectivity index (χ1) is 10.2. The molecule has 1 aliphatic rings. The van der Waals surface area contributed by atoms with Gasteiger partial charge in [-0.3, -0.25) is 9.58 Å². The molecule has 4 nitrogen and oxygen atoms in total. The molecule has 4 heteroatoms. The second kappa shape index (κ2) is 7.41. The number of hydrogen-bond acceptors (Lipinski definition) is 3. The largest absolute Gasteiger partial charge is 0.311 e. The molecular weight excluding hydrogens is 260 g/mol. The summed E-state index contributed by atoms with van der Waals surface area (Å²) in [6.45, 7) is 13.3. The summed E-state index contributed by atoms with van der Waals surface area (Å²) < 4.78 is 2.03. The summed E-state index contributed by atoms with van der Waals surface area (Å²) in [5.74, 6) is 0. The molecule has 1 atom stereocenters. The molecule has 1 fully saturated rings. The smallest absolute Gasteiger partial charge is 0.0534 e. The summed E-state index contributed by atoms with van der Waals surface area (Å²) >= 11 is 0. The van der Waals surface area contributed by atoms with E-state index in [-0.39, 0.29) is 0 Å². The number of hydrogen-bond donors (Lipinski definition) is 1. The first kappa shape index (κ1) is 16.5. The van der Waals surface area contributed by atoms with Crippen LogP contribution in [-0.4, -0.2) is 39.4 Å². The number of nitrogens with zero attached hydrogens (tertiary/aromatic N) is 3. The first-order valence-corrected chi connectivity index (χ1v) is 8.67. The van der Waals surface area contributed by atoms with Crippen molar-refractivity contribution in [3.8, 4) is 0 Å². The van der Waals surface area contributed by atoms with Gasteiger partial charge in [0, 0.05) is 49.5 Å². The molecule has 1 aliphatic heterocycles. The van der Waals surface area contributed by atoms with Crippen LogP contribution in [0.5, 0.6) is 0 Å². The van der Waals surface area contributed by atoms with E-state index in [0.29, 0.717) is 11.6 Å². The van der Waals surface area contributed by atoms with Gasteiger partial charge in [0.1, 0.15) is 0 Å². The van der Waals surface area contributed by atoms with Gasteiger partial charge in [0.05, 0.1) is 6.20 Å². The summed E-state index contributed by atoms with van der Waals surface area (Å²) in [4.78, 5) is 2.71. The van der Waals surface area contributed by atoms with Gasteiger partial charge in [-0.05, 0) is 26.2 Å². The average molecular weight is 292 g/mol. The zero-order valence-corrected chi connectivity index (χ0v) is 14.2. The zero-order chi connectivity index (χ0) is 15.3. The highest BCUT2D eigenvalue weighted by Gasteiger charge is 2.38. The topological polar surface area (TPSA) is 33.1 Å². The number of nitrogens with one attached hydrogen (secondary N) is 1. The van der Waals surface area contributed by atoms with Crippen LogP contribution < -0.4 is 5.32 Å². The van der Waals surface area contributed by atoms with Crippen LogP contribution in [0.25, 0.3) is 0 Å². The van der Waals surface area contributed by atoms with Crippen LogP contribution in [0.15, 0.2) is 12.4 Å². The van der Waals surface area contributed by atoms with Crippen LogP contribution in [-0.2, 0) is 13.1 Å². The van der Waals surface area contributed by atoms with Crippen LogP contribution in [0, 0.1) is 0 Å². The Labute approximate surface area is 129 Å². The lowest BCUT2D eigenvalue weighted by Gasteiger charge is -2.49. The fraction of sp³-hybridized carbons (Fsp3) is 0.824. The normalized spacial score (nSPS) is 22.6. The molecule has 0 spiro atoms. The van der Waals surface area contributed by atoms with Gasteiger partial charge >= 0.3 is 0 Å². The Balaban J connectivity index is 2.12. The fourth-order valence-electron chi connectivity index (χ4n) is 3.57. The van der Waals surface area contributed by atoms with E-state index < -0.39 is 0 Å². The minimum atomic E-state index is 0.304. The van der Waals surface area contributed by atoms with Gasteiger partial charge in [-0.25, -0.2) is 0 Å². The molecule has 0 aromatic carbocycles. The summed E-state index contributed by atoms with van der Waals surface area (Å²) in [5.41, 5.74) is 1.65. The van der Waals surface area contributed by atoms with Crippen LogP contribution in [0.4, 0.5) is 0 Å². The van der Waals surface area contributed by atoms with Crippen LogP contribution in [0.2, 0.25) is 0 Å². The molecule has 1 saturated heterocycles. The van der Waals surface area contributed by atoms with Crippen molar-refractivity contribution in [3.63, 3.8) is 0 Å². The van der Waals surface area contributed by atoms with Crippen molar-refractivity contribution in [2.24, 2.45) is 0 Å². The van der Waals surface area contributed by atoms with Gasteiger partial charge in [0.2, 0.25) is 0 Å². The molecule has 21 heavy (non-hydrogen) atoms. The second-order valence-electron chi connectivity index (χ2n) is 6.38. The van der Waals surface area contributed by atoms with Crippen molar-refractivity contribution in [1.82, 2.24) is 20.0 Å². The lowest BCUT2D eigenvalue weighted by molar-refractivity contribution is 0.0227. The molecule has 1 aromatic rings. The monoisotopic (exact) mass is 292 g/mol. The van der Waals surface area contributed by atoms with Gasteiger partial charge in [-0.2, -0.15) is 5.10 Å². The Hall–Kier alpha value is -0.870. The molecule has 0 aliphatic carbocycles. The Morgan fingerprint density at radius 2 is 2.05 bits per heavy atom. The molecule has 0 bridgehead atoms. The Morgan fingerprint density at radius 3 is 2.62 bits per heavy atom. The standard InChI is InChI=1S/C17H32N4/c1-5-9-16-13-20(17(6-2,7-3)14-18-16)11-15-10-19-21(8-4)12-15/h10,12,16,18H,5-9,11,13-14H2,1-4H3. The van der Waals surface area contributed by atoms with Crippen molar-refractivity contribution in [2.75, 3.05) is 13.1 Å². The summed E-state index contributed by atoms with van der Waals surface area (Å²) in [6.07, 6.45) is 9.18. The van der Waals surface area contributed by atoms with E-state index in [4.69, 9.17) is 0 Å². The molecular formula is C17H32N4. The van der Waals surface area contributed by atoms with E-state index in [9.17, 15) is 0 Å².